The number of hydrogen-bond donors (Lipinski definition) is 2. The quantitative estimate of drug-likeness (QED) is 0.723. The van der Waals surface area contributed by atoms with Gasteiger partial charge in [0.2, 0.25) is 5.91 Å². The highest BCUT2D eigenvalue weighted by Crippen LogP contribution is 2.17. The van der Waals surface area contributed by atoms with Crippen LogP contribution in [0.4, 0.5) is 0 Å². The average molecular weight is 290 g/mol. The Hall–Kier alpha value is -1.55. The van der Waals surface area contributed by atoms with Gasteiger partial charge in [-0.15, -0.1) is 0 Å². The molecule has 0 spiro atoms. The minimum absolute atomic E-state index is 0.117. The summed E-state index contributed by atoms with van der Waals surface area (Å²) in [6, 6.07) is 10.0. The summed E-state index contributed by atoms with van der Waals surface area (Å²) in [4.78, 5) is 12.0. The van der Waals surface area contributed by atoms with Gasteiger partial charge in [0.15, 0.2) is 0 Å². The van der Waals surface area contributed by atoms with Crippen molar-refractivity contribution < 1.29 is 9.53 Å². The molecular formula is C17H26N2O2. The smallest absolute Gasteiger partial charge is 0.237 e. The summed E-state index contributed by atoms with van der Waals surface area (Å²) in [6.07, 6.45) is 5.62. The lowest BCUT2D eigenvalue weighted by Gasteiger charge is -2.17. The maximum Gasteiger partial charge on any atom is 0.237 e. The summed E-state index contributed by atoms with van der Waals surface area (Å²) in [5.41, 5.74) is 0. The zero-order chi connectivity index (χ0) is 14.9. The first-order chi connectivity index (χ1) is 10.3. The Balaban J connectivity index is 1.54. The SMILES string of the molecule is CC(NCCCOc1ccccc1)C(=O)NC1CCCC1. The lowest BCUT2D eigenvalue weighted by atomic mass is 10.2. The molecule has 1 unspecified atom stereocenters. The van der Waals surface area contributed by atoms with Gasteiger partial charge in [0.25, 0.3) is 0 Å². The standard InChI is InChI=1S/C17H26N2O2/c1-14(17(20)19-15-8-5-6-9-15)18-12-7-13-21-16-10-3-2-4-11-16/h2-4,10-11,14-15,18H,5-9,12-13H2,1H3,(H,19,20). The lowest BCUT2D eigenvalue weighted by Crippen LogP contribution is -2.45. The summed E-state index contributed by atoms with van der Waals surface area (Å²) < 4.78 is 5.62. The number of benzene rings is 1. The van der Waals surface area contributed by atoms with Gasteiger partial charge in [-0.2, -0.15) is 0 Å². The summed E-state index contributed by atoms with van der Waals surface area (Å²) in [6.45, 7) is 3.36. The highest BCUT2D eigenvalue weighted by atomic mass is 16.5. The van der Waals surface area contributed by atoms with Gasteiger partial charge in [-0.3, -0.25) is 4.79 Å². The molecule has 4 heteroatoms. The molecule has 1 aromatic rings. The summed E-state index contributed by atoms with van der Waals surface area (Å²) in [5.74, 6) is 1.01. The van der Waals surface area contributed by atoms with Crippen molar-refractivity contribution in [3.05, 3.63) is 30.3 Å². The van der Waals surface area contributed by atoms with E-state index in [1.54, 1.807) is 0 Å². The van der Waals surface area contributed by atoms with E-state index >= 15 is 0 Å². The van der Waals surface area contributed by atoms with E-state index < -0.39 is 0 Å². The van der Waals surface area contributed by atoms with Crippen molar-refractivity contribution in [2.45, 2.75) is 51.1 Å². The Morgan fingerprint density at radius 2 is 2.00 bits per heavy atom. The third-order valence-electron chi connectivity index (χ3n) is 3.88. The minimum atomic E-state index is -0.137. The zero-order valence-electron chi connectivity index (χ0n) is 12.8. The first-order valence-electron chi connectivity index (χ1n) is 7.97. The van der Waals surface area contributed by atoms with Gasteiger partial charge in [-0.1, -0.05) is 31.0 Å². The van der Waals surface area contributed by atoms with Crippen molar-refractivity contribution in [1.82, 2.24) is 10.6 Å². The molecule has 0 saturated heterocycles. The second-order valence-electron chi connectivity index (χ2n) is 5.68. The Morgan fingerprint density at radius 3 is 2.71 bits per heavy atom. The van der Waals surface area contributed by atoms with Crippen LogP contribution in [0, 0.1) is 0 Å². The van der Waals surface area contributed by atoms with Gasteiger partial charge in [0, 0.05) is 6.04 Å². The van der Waals surface area contributed by atoms with E-state index in [-0.39, 0.29) is 11.9 Å². The number of carbonyl (C=O) groups is 1. The number of amides is 1. The van der Waals surface area contributed by atoms with Crippen LogP contribution >= 0.6 is 0 Å². The fourth-order valence-electron chi connectivity index (χ4n) is 2.59. The van der Waals surface area contributed by atoms with Gasteiger partial charge in [0.05, 0.1) is 12.6 Å². The molecule has 1 aromatic carbocycles. The van der Waals surface area contributed by atoms with Crippen LogP contribution < -0.4 is 15.4 Å². The van der Waals surface area contributed by atoms with Crippen LogP contribution in [0.1, 0.15) is 39.0 Å². The van der Waals surface area contributed by atoms with Crippen molar-refractivity contribution in [2.75, 3.05) is 13.2 Å². The first-order valence-corrected chi connectivity index (χ1v) is 7.97. The molecule has 21 heavy (non-hydrogen) atoms. The maximum atomic E-state index is 12.0. The molecule has 0 aromatic heterocycles. The Labute approximate surface area is 127 Å². The van der Waals surface area contributed by atoms with Crippen molar-refractivity contribution in [3.63, 3.8) is 0 Å². The van der Waals surface area contributed by atoms with E-state index in [1.807, 2.05) is 37.3 Å². The topological polar surface area (TPSA) is 50.4 Å². The summed E-state index contributed by atoms with van der Waals surface area (Å²) in [7, 11) is 0. The second kappa shape index (κ2) is 8.67. The Kier molecular flexibility index (Phi) is 6.54. The number of nitrogens with one attached hydrogen (secondary N) is 2. The predicted octanol–water partition coefficient (Wildman–Crippen LogP) is 2.49. The van der Waals surface area contributed by atoms with Crippen LogP contribution in [0.5, 0.6) is 5.75 Å². The van der Waals surface area contributed by atoms with Gasteiger partial charge >= 0.3 is 0 Å². The number of ether oxygens (including phenoxy) is 1. The number of rotatable bonds is 8. The number of para-hydroxylation sites is 1. The largest absolute Gasteiger partial charge is 0.494 e. The lowest BCUT2D eigenvalue weighted by molar-refractivity contribution is -0.123. The van der Waals surface area contributed by atoms with Crippen molar-refractivity contribution in [1.29, 1.82) is 0 Å². The molecule has 4 nitrogen and oxygen atoms in total. The summed E-state index contributed by atoms with van der Waals surface area (Å²) in [5, 5.41) is 6.36. The van der Waals surface area contributed by atoms with Crippen molar-refractivity contribution in [3.8, 4) is 5.75 Å². The minimum Gasteiger partial charge on any atom is -0.494 e. The van der Waals surface area contributed by atoms with E-state index in [0.717, 1.165) is 31.6 Å². The number of carbonyl (C=O) groups excluding carboxylic acids is 1. The molecule has 1 atom stereocenters. The van der Waals surface area contributed by atoms with Gasteiger partial charge in [-0.25, -0.2) is 0 Å². The zero-order valence-corrected chi connectivity index (χ0v) is 12.8. The Morgan fingerprint density at radius 1 is 1.29 bits per heavy atom. The number of hydrogen-bond acceptors (Lipinski definition) is 3. The van der Waals surface area contributed by atoms with Gasteiger partial charge < -0.3 is 15.4 Å². The average Bonchev–Trinajstić information content (AvgIpc) is 3.00. The first kappa shape index (κ1) is 15.8. The highest BCUT2D eigenvalue weighted by molar-refractivity contribution is 5.81. The summed E-state index contributed by atoms with van der Waals surface area (Å²) >= 11 is 0. The molecule has 2 rings (SSSR count). The van der Waals surface area contributed by atoms with E-state index in [1.165, 1.54) is 12.8 Å². The fourth-order valence-corrected chi connectivity index (χ4v) is 2.59. The predicted molar refractivity (Wildman–Crippen MR) is 84.4 cm³/mol. The fraction of sp³-hybridized carbons (Fsp3) is 0.588. The monoisotopic (exact) mass is 290 g/mol. The molecule has 1 amide bonds. The van der Waals surface area contributed by atoms with E-state index in [0.29, 0.717) is 12.6 Å². The molecule has 116 valence electrons. The molecule has 0 bridgehead atoms. The van der Waals surface area contributed by atoms with E-state index in [9.17, 15) is 4.79 Å². The second-order valence-corrected chi connectivity index (χ2v) is 5.68. The van der Waals surface area contributed by atoms with Crippen LogP contribution in [-0.2, 0) is 4.79 Å². The molecule has 0 heterocycles. The molecule has 1 aliphatic rings. The molecule has 0 radical (unpaired) electrons. The van der Waals surface area contributed by atoms with E-state index in [2.05, 4.69) is 10.6 Å². The molecule has 1 fully saturated rings. The van der Waals surface area contributed by atoms with Crippen LogP contribution in [0.2, 0.25) is 0 Å². The van der Waals surface area contributed by atoms with E-state index in [4.69, 9.17) is 4.74 Å². The van der Waals surface area contributed by atoms with Gasteiger partial charge in [-0.05, 0) is 44.9 Å². The van der Waals surface area contributed by atoms with Crippen molar-refractivity contribution >= 4 is 5.91 Å². The van der Waals surface area contributed by atoms with Crippen LogP contribution in [0.25, 0.3) is 0 Å². The molecule has 1 aliphatic carbocycles. The Bertz CT molecular complexity index is 416. The normalized spacial score (nSPS) is 16.6. The van der Waals surface area contributed by atoms with Crippen molar-refractivity contribution in [2.24, 2.45) is 0 Å². The van der Waals surface area contributed by atoms with Crippen LogP contribution in [0.3, 0.4) is 0 Å². The van der Waals surface area contributed by atoms with Crippen LogP contribution in [0.15, 0.2) is 30.3 Å². The van der Waals surface area contributed by atoms with Crippen LogP contribution in [-0.4, -0.2) is 31.1 Å². The molecule has 0 aliphatic heterocycles. The van der Waals surface area contributed by atoms with Gasteiger partial charge in [0.1, 0.15) is 5.75 Å². The maximum absolute atomic E-state index is 12.0. The third-order valence-corrected chi connectivity index (χ3v) is 3.88. The molecule has 2 N–H and O–H groups in total. The molecular weight excluding hydrogens is 264 g/mol. The highest BCUT2D eigenvalue weighted by Gasteiger charge is 2.19. The third kappa shape index (κ3) is 5.76. The molecule has 1 saturated carbocycles.